The van der Waals surface area contributed by atoms with E-state index in [0.29, 0.717) is 23.6 Å². The fourth-order valence-electron chi connectivity index (χ4n) is 4.36. The molecule has 0 spiro atoms. The van der Waals surface area contributed by atoms with Crippen LogP contribution in [0.5, 0.6) is 0 Å². The number of benzene rings is 2. The van der Waals surface area contributed by atoms with E-state index in [9.17, 15) is 4.79 Å². The summed E-state index contributed by atoms with van der Waals surface area (Å²) in [6.45, 7) is 8.72. The summed E-state index contributed by atoms with van der Waals surface area (Å²) in [7, 11) is 0. The smallest absolute Gasteiger partial charge is 0.247 e. The first-order valence-electron chi connectivity index (χ1n) is 11.6. The number of rotatable bonds is 7. The average molecular weight is 441 g/mol. The molecule has 1 aliphatic carbocycles. The predicted octanol–water partition coefficient (Wildman–Crippen LogP) is 6.92. The summed E-state index contributed by atoms with van der Waals surface area (Å²) in [5.74, 6) is -1.20. The van der Waals surface area contributed by atoms with E-state index >= 15 is 8.78 Å². The monoisotopic (exact) mass is 440 g/mol. The molecule has 1 saturated carbocycles. The third-order valence-corrected chi connectivity index (χ3v) is 6.20. The standard InChI is InChI=1S/C27H34F2N2O/c1-6-19(27(32)30-16(2)3)15-23-17(4)26(29)24(18(5)25(23)28)20-11-13-22(14-12-20)31-21-9-7-8-10-21/h11-16,21,31H,6-10H2,1-5H3,(H,30,32). The van der Waals surface area contributed by atoms with Crippen molar-refractivity contribution in [2.75, 3.05) is 5.32 Å². The molecule has 3 rings (SSSR count). The molecule has 1 aliphatic rings. The molecule has 0 saturated heterocycles. The lowest BCUT2D eigenvalue weighted by Crippen LogP contribution is -2.31. The van der Waals surface area contributed by atoms with Gasteiger partial charge in [-0.2, -0.15) is 0 Å². The first-order chi connectivity index (χ1) is 15.2. The quantitative estimate of drug-likeness (QED) is 0.459. The van der Waals surface area contributed by atoms with Gasteiger partial charge in [0.05, 0.1) is 0 Å². The number of carbonyl (C=O) groups excluding carboxylic acids is 1. The minimum absolute atomic E-state index is 0.0321. The van der Waals surface area contributed by atoms with Crippen molar-refractivity contribution in [3.63, 3.8) is 0 Å². The van der Waals surface area contributed by atoms with Crippen LogP contribution in [0.4, 0.5) is 14.5 Å². The van der Waals surface area contributed by atoms with Gasteiger partial charge < -0.3 is 10.6 Å². The van der Waals surface area contributed by atoms with E-state index in [2.05, 4.69) is 10.6 Å². The fourth-order valence-corrected chi connectivity index (χ4v) is 4.36. The molecule has 2 N–H and O–H groups in total. The molecule has 1 amide bonds. The second kappa shape index (κ2) is 10.3. The molecule has 0 unspecified atom stereocenters. The summed E-state index contributed by atoms with van der Waals surface area (Å²) in [5, 5.41) is 6.34. The van der Waals surface area contributed by atoms with Crippen molar-refractivity contribution in [3.05, 3.63) is 58.2 Å². The minimum atomic E-state index is -0.490. The van der Waals surface area contributed by atoms with Gasteiger partial charge in [-0.05, 0) is 81.9 Å². The van der Waals surface area contributed by atoms with Gasteiger partial charge in [-0.15, -0.1) is 0 Å². The summed E-state index contributed by atoms with van der Waals surface area (Å²) >= 11 is 0. The Morgan fingerprint density at radius 1 is 1.06 bits per heavy atom. The Hall–Kier alpha value is -2.69. The molecule has 3 nitrogen and oxygen atoms in total. The maximum Gasteiger partial charge on any atom is 0.247 e. The van der Waals surface area contributed by atoms with Crippen LogP contribution in [0.1, 0.15) is 69.6 Å². The highest BCUT2D eigenvalue weighted by molar-refractivity contribution is 5.98. The first-order valence-corrected chi connectivity index (χ1v) is 11.6. The van der Waals surface area contributed by atoms with Gasteiger partial charge in [0.15, 0.2) is 0 Å². The highest BCUT2D eigenvalue weighted by atomic mass is 19.1. The van der Waals surface area contributed by atoms with Crippen LogP contribution in [0, 0.1) is 25.5 Å². The Bertz CT molecular complexity index is 974. The Kier molecular flexibility index (Phi) is 7.70. The van der Waals surface area contributed by atoms with Crippen molar-refractivity contribution >= 4 is 17.7 Å². The second-order valence-electron chi connectivity index (χ2n) is 9.02. The molecule has 0 aromatic heterocycles. The molecular formula is C27H34F2N2O. The molecule has 0 bridgehead atoms. The van der Waals surface area contributed by atoms with Crippen LogP contribution >= 0.6 is 0 Å². The van der Waals surface area contributed by atoms with Crippen molar-refractivity contribution in [1.82, 2.24) is 5.32 Å². The van der Waals surface area contributed by atoms with Crippen LogP contribution in [0.25, 0.3) is 17.2 Å². The topological polar surface area (TPSA) is 41.1 Å². The van der Waals surface area contributed by atoms with Gasteiger partial charge in [-0.3, -0.25) is 4.79 Å². The van der Waals surface area contributed by atoms with E-state index in [4.69, 9.17) is 0 Å². The third kappa shape index (κ3) is 5.20. The predicted molar refractivity (Wildman–Crippen MR) is 129 cm³/mol. The molecule has 1 fully saturated rings. The molecule has 5 heteroatoms. The van der Waals surface area contributed by atoms with Crippen molar-refractivity contribution in [2.45, 2.75) is 78.8 Å². The number of amides is 1. The summed E-state index contributed by atoms with van der Waals surface area (Å²) in [6, 6.07) is 7.99. The van der Waals surface area contributed by atoms with Crippen LogP contribution in [0.15, 0.2) is 29.8 Å². The Morgan fingerprint density at radius 3 is 2.25 bits per heavy atom. The van der Waals surface area contributed by atoms with Gasteiger partial charge in [0.1, 0.15) is 11.6 Å². The molecule has 0 radical (unpaired) electrons. The zero-order valence-corrected chi connectivity index (χ0v) is 19.7. The summed E-state index contributed by atoms with van der Waals surface area (Å²) in [6.07, 6.45) is 6.75. The number of nitrogens with one attached hydrogen (secondary N) is 2. The van der Waals surface area contributed by atoms with Crippen molar-refractivity contribution in [3.8, 4) is 11.1 Å². The second-order valence-corrected chi connectivity index (χ2v) is 9.02. The fraction of sp³-hybridized carbons (Fsp3) is 0.444. The number of hydrogen-bond acceptors (Lipinski definition) is 2. The third-order valence-electron chi connectivity index (χ3n) is 6.20. The number of halogens is 2. The van der Waals surface area contributed by atoms with Gasteiger partial charge in [-0.1, -0.05) is 31.9 Å². The Labute approximate surface area is 190 Å². The van der Waals surface area contributed by atoms with Crippen LogP contribution in [0.3, 0.4) is 0 Å². The normalized spacial score (nSPS) is 14.8. The van der Waals surface area contributed by atoms with E-state index in [-0.39, 0.29) is 34.2 Å². The van der Waals surface area contributed by atoms with Gasteiger partial charge in [0.25, 0.3) is 0 Å². The molecule has 2 aromatic carbocycles. The summed E-state index contributed by atoms with van der Waals surface area (Å²) in [4.78, 5) is 12.4. The molecule has 0 atom stereocenters. The number of carbonyl (C=O) groups is 1. The highest BCUT2D eigenvalue weighted by Gasteiger charge is 2.22. The molecule has 0 aliphatic heterocycles. The van der Waals surface area contributed by atoms with E-state index in [0.717, 1.165) is 5.69 Å². The minimum Gasteiger partial charge on any atom is -0.382 e. The van der Waals surface area contributed by atoms with E-state index < -0.39 is 11.6 Å². The molecule has 172 valence electrons. The summed E-state index contributed by atoms with van der Waals surface area (Å²) < 4.78 is 30.9. The van der Waals surface area contributed by atoms with Crippen LogP contribution in [-0.4, -0.2) is 18.0 Å². The van der Waals surface area contributed by atoms with Crippen LogP contribution in [-0.2, 0) is 4.79 Å². The molecular weight excluding hydrogens is 406 g/mol. The molecule has 0 heterocycles. The SMILES string of the molecule is CCC(=Cc1c(C)c(F)c(-c2ccc(NC3CCCC3)cc2)c(C)c1F)C(=O)NC(C)C. The zero-order valence-electron chi connectivity index (χ0n) is 19.7. The number of hydrogen-bond donors (Lipinski definition) is 2. The van der Waals surface area contributed by atoms with Gasteiger partial charge in [0.2, 0.25) is 5.91 Å². The Balaban J connectivity index is 1.96. The van der Waals surface area contributed by atoms with Gasteiger partial charge in [0, 0.05) is 34.5 Å². The van der Waals surface area contributed by atoms with Crippen LogP contribution in [0.2, 0.25) is 0 Å². The van der Waals surface area contributed by atoms with Crippen LogP contribution < -0.4 is 10.6 Å². The molecule has 32 heavy (non-hydrogen) atoms. The van der Waals surface area contributed by atoms with Gasteiger partial charge in [-0.25, -0.2) is 8.78 Å². The maximum absolute atomic E-state index is 15.5. The molecule has 2 aromatic rings. The largest absolute Gasteiger partial charge is 0.382 e. The summed E-state index contributed by atoms with van der Waals surface area (Å²) in [5.41, 5.74) is 2.93. The maximum atomic E-state index is 15.5. The number of anilines is 1. The lowest BCUT2D eigenvalue weighted by Gasteiger charge is -2.17. The van der Waals surface area contributed by atoms with E-state index in [1.165, 1.54) is 31.8 Å². The zero-order chi connectivity index (χ0) is 23.4. The van der Waals surface area contributed by atoms with E-state index in [1.54, 1.807) is 13.8 Å². The highest BCUT2D eigenvalue weighted by Crippen LogP contribution is 2.35. The lowest BCUT2D eigenvalue weighted by atomic mass is 9.92. The lowest BCUT2D eigenvalue weighted by molar-refractivity contribution is -0.118. The van der Waals surface area contributed by atoms with Crippen molar-refractivity contribution < 1.29 is 13.6 Å². The van der Waals surface area contributed by atoms with Crippen molar-refractivity contribution in [1.29, 1.82) is 0 Å². The van der Waals surface area contributed by atoms with E-state index in [1.807, 2.05) is 45.0 Å². The Morgan fingerprint density at radius 2 is 1.69 bits per heavy atom. The average Bonchev–Trinajstić information content (AvgIpc) is 3.26. The van der Waals surface area contributed by atoms with Gasteiger partial charge >= 0.3 is 0 Å². The first kappa shape index (κ1) is 24.0. The van der Waals surface area contributed by atoms with Crippen molar-refractivity contribution in [2.24, 2.45) is 0 Å².